The van der Waals surface area contributed by atoms with Crippen molar-refractivity contribution in [1.82, 2.24) is 0 Å². The maximum Gasteiger partial charge on any atom is 0.144 e. The highest BCUT2D eigenvalue weighted by Crippen LogP contribution is 2.20. The molecule has 30 heavy (non-hydrogen) atoms. The van der Waals surface area contributed by atoms with Gasteiger partial charge in [-0.1, -0.05) is 60.7 Å². The van der Waals surface area contributed by atoms with Crippen LogP contribution in [0.5, 0.6) is 0 Å². The molecule has 160 valence electrons. The Labute approximate surface area is 179 Å². The van der Waals surface area contributed by atoms with Gasteiger partial charge in [0.2, 0.25) is 0 Å². The van der Waals surface area contributed by atoms with E-state index in [1.54, 1.807) is 13.8 Å². The average molecular weight is 409 g/mol. The first kappa shape index (κ1) is 23.6. The molecule has 0 aliphatic carbocycles. The Bertz CT molecular complexity index is 791. The van der Waals surface area contributed by atoms with Gasteiger partial charge in [-0.15, -0.1) is 0 Å². The van der Waals surface area contributed by atoms with E-state index in [-0.39, 0.29) is 30.7 Å². The average Bonchev–Trinajstić information content (AvgIpc) is 2.73. The van der Waals surface area contributed by atoms with E-state index in [1.807, 2.05) is 74.5 Å². The summed E-state index contributed by atoms with van der Waals surface area (Å²) in [6, 6.07) is 18.1. The van der Waals surface area contributed by atoms with Crippen LogP contribution in [0, 0.1) is 0 Å². The summed E-state index contributed by atoms with van der Waals surface area (Å²) >= 11 is 0. The van der Waals surface area contributed by atoms with Crippen LogP contribution < -0.4 is 0 Å². The van der Waals surface area contributed by atoms with Crippen molar-refractivity contribution in [1.29, 1.82) is 0 Å². The molecule has 0 fully saturated rings. The molecule has 4 atom stereocenters. The summed E-state index contributed by atoms with van der Waals surface area (Å²) in [5, 5.41) is 20.9. The van der Waals surface area contributed by atoms with Crippen molar-refractivity contribution in [3.63, 3.8) is 0 Å². The first-order chi connectivity index (χ1) is 14.3. The number of aliphatic hydroxyl groups is 2. The highest BCUT2D eigenvalue weighted by Gasteiger charge is 2.17. The van der Waals surface area contributed by atoms with E-state index >= 15 is 0 Å². The van der Waals surface area contributed by atoms with Crippen molar-refractivity contribution >= 4 is 17.2 Å². The molecule has 0 amide bonds. The van der Waals surface area contributed by atoms with Gasteiger partial charge in [0.05, 0.1) is 12.1 Å². The minimum atomic E-state index is -0.708. The second-order valence-electron chi connectivity index (χ2n) is 7.81. The zero-order chi connectivity index (χ0) is 22.1. The van der Waals surface area contributed by atoms with E-state index in [4.69, 9.17) is 0 Å². The highest BCUT2D eigenvalue weighted by molar-refractivity contribution is 6.09. The fraction of sp³-hybridized carbons (Fsp3) is 0.400. The molecule has 0 aromatic heterocycles. The number of Topliss-reactive ketones (excluding diaryl/α,β-unsaturated/α-hetero) is 1. The molecule has 2 N–H and O–H groups in total. The number of carbonyl (C=O) groups excluding carboxylic acids is 1. The molecule has 5 nitrogen and oxygen atoms in total. The van der Waals surface area contributed by atoms with Crippen molar-refractivity contribution in [3.8, 4) is 0 Å². The molecule has 0 aliphatic heterocycles. The fourth-order valence-electron chi connectivity index (χ4n) is 3.42. The molecule has 2 aromatic rings. The Hall–Kier alpha value is -2.63. The Morgan fingerprint density at radius 2 is 1.07 bits per heavy atom. The van der Waals surface area contributed by atoms with Crippen LogP contribution in [0.15, 0.2) is 70.6 Å². The monoisotopic (exact) mass is 408 g/mol. The number of nitrogens with zero attached hydrogens (tertiary/aromatic N) is 2. The van der Waals surface area contributed by atoms with Crippen LogP contribution >= 0.6 is 0 Å². The van der Waals surface area contributed by atoms with Crippen molar-refractivity contribution < 1.29 is 15.0 Å². The van der Waals surface area contributed by atoms with E-state index in [1.165, 1.54) is 0 Å². The first-order valence-corrected chi connectivity index (χ1v) is 10.3. The van der Waals surface area contributed by atoms with Gasteiger partial charge in [0, 0.05) is 24.3 Å². The van der Waals surface area contributed by atoms with E-state index in [0.717, 1.165) is 11.1 Å². The summed E-state index contributed by atoms with van der Waals surface area (Å²) in [5.41, 5.74) is 2.99. The smallest absolute Gasteiger partial charge is 0.144 e. The maximum absolute atomic E-state index is 12.4. The molecule has 0 saturated carbocycles. The Balaban J connectivity index is 1.90. The van der Waals surface area contributed by atoms with Crippen LogP contribution in [0.1, 0.15) is 63.9 Å². The summed E-state index contributed by atoms with van der Waals surface area (Å²) < 4.78 is 0. The topological polar surface area (TPSA) is 82.2 Å². The Morgan fingerprint density at radius 1 is 0.733 bits per heavy atom. The van der Waals surface area contributed by atoms with Gasteiger partial charge in [-0.05, 0) is 38.8 Å². The lowest BCUT2D eigenvalue weighted by Crippen LogP contribution is -2.18. The minimum absolute atomic E-state index is 0.0142. The van der Waals surface area contributed by atoms with Crippen molar-refractivity contribution in [2.75, 3.05) is 0 Å². The minimum Gasteiger partial charge on any atom is -0.386 e. The van der Waals surface area contributed by atoms with Crippen LogP contribution in [0.3, 0.4) is 0 Å². The van der Waals surface area contributed by atoms with Crippen molar-refractivity contribution in [2.24, 2.45) is 9.98 Å². The van der Waals surface area contributed by atoms with Gasteiger partial charge in [0.1, 0.15) is 18.0 Å². The molecular formula is C25H32N2O3. The number of hydrogen-bond acceptors (Lipinski definition) is 5. The van der Waals surface area contributed by atoms with Crippen LogP contribution in [-0.2, 0) is 4.79 Å². The number of benzene rings is 2. The molecule has 0 bridgehead atoms. The van der Waals surface area contributed by atoms with Crippen LogP contribution in [0.4, 0.5) is 0 Å². The van der Waals surface area contributed by atoms with Crippen LogP contribution in [0.25, 0.3) is 0 Å². The van der Waals surface area contributed by atoms with E-state index in [0.29, 0.717) is 11.4 Å². The third kappa shape index (κ3) is 7.32. The molecule has 0 saturated heterocycles. The van der Waals surface area contributed by atoms with Gasteiger partial charge < -0.3 is 10.2 Å². The van der Waals surface area contributed by atoms with Gasteiger partial charge in [-0.25, -0.2) is 0 Å². The highest BCUT2D eigenvalue weighted by atomic mass is 16.3. The summed E-state index contributed by atoms with van der Waals surface area (Å²) in [7, 11) is 0. The summed E-state index contributed by atoms with van der Waals surface area (Å²) in [6.45, 7) is 7.29. The largest absolute Gasteiger partial charge is 0.386 e. The van der Waals surface area contributed by atoms with Gasteiger partial charge in [-0.2, -0.15) is 0 Å². The van der Waals surface area contributed by atoms with Crippen molar-refractivity contribution in [2.45, 2.75) is 64.8 Å². The zero-order valence-electron chi connectivity index (χ0n) is 18.2. The number of ketones is 1. The van der Waals surface area contributed by atoms with E-state index in [2.05, 4.69) is 9.98 Å². The van der Waals surface area contributed by atoms with Gasteiger partial charge in [0.15, 0.2) is 0 Å². The number of carbonyl (C=O) groups is 1. The molecule has 2 rings (SSSR count). The molecule has 0 radical (unpaired) electrons. The van der Waals surface area contributed by atoms with Gasteiger partial charge >= 0.3 is 0 Å². The quantitative estimate of drug-likeness (QED) is 0.568. The predicted octanol–water partition coefficient (Wildman–Crippen LogP) is 4.50. The lowest BCUT2D eigenvalue weighted by molar-refractivity contribution is -0.116. The van der Waals surface area contributed by atoms with Gasteiger partial charge in [0.25, 0.3) is 0 Å². The molecular weight excluding hydrogens is 376 g/mol. The maximum atomic E-state index is 12.4. The lowest BCUT2D eigenvalue weighted by atomic mass is 10.0. The molecule has 0 aliphatic rings. The molecule has 0 spiro atoms. The fourth-order valence-corrected chi connectivity index (χ4v) is 3.42. The van der Waals surface area contributed by atoms with E-state index < -0.39 is 12.2 Å². The number of aliphatic imine (C=N–C) groups is 2. The number of aliphatic hydroxyl groups excluding tert-OH is 2. The lowest BCUT2D eigenvalue weighted by Gasteiger charge is -2.17. The molecule has 0 unspecified atom stereocenters. The summed E-state index contributed by atoms with van der Waals surface area (Å²) in [4.78, 5) is 21.4. The predicted molar refractivity (Wildman–Crippen MR) is 122 cm³/mol. The van der Waals surface area contributed by atoms with Crippen LogP contribution in [-0.4, -0.2) is 39.5 Å². The third-order valence-electron chi connectivity index (χ3n) is 4.95. The standard InChI is InChI=1S/C25H32N2O3/c1-17(26-19(3)24(29)21-11-7-5-8-12-21)15-23(28)16-18(2)27-20(4)25(30)22-13-9-6-10-14-22/h5-14,19-20,24-25,29-30H,15-16H2,1-4H3/t19-,20-,24-,25-/m1/s1. The van der Waals surface area contributed by atoms with Crippen molar-refractivity contribution in [3.05, 3.63) is 71.8 Å². The van der Waals surface area contributed by atoms with Gasteiger partial charge in [-0.3, -0.25) is 14.8 Å². The Morgan fingerprint density at radius 3 is 1.40 bits per heavy atom. The molecule has 5 heteroatoms. The molecule has 0 heterocycles. The van der Waals surface area contributed by atoms with Crippen LogP contribution in [0.2, 0.25) is 0 Å². The second kappa shape index (κ2) is 11.5. The summed E-state index contributed by atoms with van der Waals surface area (Å²) in [6.07, 6.45) is -0.984. The number of rotatable bonds is 10. The Kier molecular flexibility index (Phi) is 9.09. The third-order valence-corrected chi connectivity index (χ3v) is 4.95. The number of hydrogen-bond donors (Lipinski definition) is 2. The first-order valence-electron chi connectivity index (χ1n) is 10.3. The second-order valence-corrected chi connectivity index (χ2v) is 7.81. The molecule has 2 aromatic carbocycles. The summed E-state index contributed by atoms with van der Waals surface area (Å²) in [5.74, 6) is 0.0142. The normalized spacial score (nSPS) is 16.6. The SMILES string of the molecule is CC(CC(=O)CC(C)=N[C@H](C)[C@@H](O)c1ccccc1)=N[C@H](C)[C@@H](O)c1ccccc1. The van der Waals surface area contributed by atoms with E-state index in [9.17, 15) is 15.0 Å². The zero-order valence-corrected chi connectivity index (χ0v) is 18.2.